The molecule has 1 saturated carbocycles. The number of imide groups is 1. The first-order valence-corrected chi connectivity index (χ1v) is 9.84. The fourth-order valence-corrected chi connectivity index (χ4v) is 4.14. The minimum Gasteiger partial charge on any atom is -0.354 e. The fourth-order valence-electron chi connectivity index (χ4n) is 4.14. The van der Waals surface area contributed by atoms with Gasteiger partial charge in [-0.25, -0.2) is 4.68 Å². The number of aromatic nitrogens is 2. The molecule has 0 radical (unpaired) electrons. The third-order valence-corrected chi connectivity index (χ3v) is 5.63. The fraction of sp³-hybridized carbons (Fsp3) is 0.429. The van der Waals surface area contributed by atoms with Crippen LogP contribution in [0.5, 0.6) is 0 Å². The van der Waals surface area contributed by atoms with E-state index in [-0.39, 0.29) is 36.1 Å². The van der Waals surface area contributed by atoms with E-state index in [0.29, 0.717) is 13.0 Å². The Balaban J connectivity index is 1.27. The number of nitrogens with one attached hydrogen (secondary N) is 1. The van der Waals surface area contributed by atoms with Gasteiger partial charge in [0.25, 0.3) is 0 Å². The van der Waals surface area contributed by atoms with Crippen molar-refractivity contribution in [3.8, 4) is 5.69 Å². The molecule has 1 aromatic carbocycles. The monoisotopic (exact) mass is 380 g/mol. The van der Waals surface area contributed by atoms with E-state index in [9.17, 15) is 14.4 Å². The van der Waals surface area contributed by atoms with Gasteiger partial charge < -0.3 is 5.32 Å². The molecule has 146 valence electrons. The van der Waals surface area contributed by atoms with Crippen LogP contribution < -0.4 is 5.32 Å². The van der Waals surface area contributed by atoms with E-state index in [0.717, 1.165) is 41.8 Å². The van der Waals surface area contributed by atoms with E-state index in [1.54, 1.807) is 10.9 Å². The van der Waals surface area contributed by atoms with Crippen molar-refractivity contribution in [2.45, 2.75) is 32.1 Å². The lowest BCUT2D eigenvalue weighted by Crippen LogP contribution is -2.41. The van der Waals surface area contributed by atoms with Crippen molar-refractivity contribution < 1.29 is 14.4 Å². The van der Waals surface area contributed by atoms with Crippen LogP contribution >= 0.6 is 0 Å². The van der Waals surface area contributed by atoms with E-state index in [1.807, 2.05) is 36.5 Å². The predicted molar refractivity (Wildman–Crippen MR) is 102 cm³/mol. The Morgan fingerprint density at radius 2 is 1.75 bits per heavy atom. The number of rotatable bonds is 6. The first-order valence-electron chi connectivity index (χ1n) is 9.84. The van der Waals surface area contributed by atoms with Crippen molar-refractivity contribution in [2.75, 3.05) is 13.1 Å². The van der Waals surface area contributed by atoms with Crippen LogP contribution in [0.15, 0.2) is 42.7 Å². The Bertz CT molecular complexity index is 853. The number of nitrogens with zero attached hydrogens (tertiary/aromatic N) is 3. The second-order valence-electron chi connectivity index (χ2n) is 7.49. The Morgan fingerprint density at radius 3 is 2.43 bits per heavy atom. The second kappa shape index (κ2) is 7.96. The van der Waals surface area contributed by atoms with Gasteiger partial charge in [-0.15, -0.1) is 0 Å². The number of hydrogen-bond donors (Lipinski definition) is 1. The van der Waals surface area contributed by atoms with Crippen LogP contribution in [0.4, 0.5) is 0 Å². The second-order valence-corrected chi connectivity index (χ2v) is 7.49. The van der Waals surface area contributed by atoms with Gasteiger partial charge in [0.2, 0.25) is 17.7 Å². The SMILES string of the molecule is O=C(CN1C(=O)C2CCCCC2C1=O)NCCc1cnn(-c2ccccc2)c1. The summed E-state index contributed by atoms with van der Waals surface area (Å²) in [5.74, 6) is -1.06. The molecule has 0 spiro atoms. The minimum absolute atomic E-state index is 0.172. The summed E-state index contributed by atoms with van der Waals surface area (Å²) in [5.41, 5.74) is 1.98. The Morgan fingerprint density at radius 1 is 1.07 bits per heavy atom. The summed E-state index contributed by atoms with van der Waals surface area (Å²) >= 11 is 0. The predicted octanol–water partition coefficient (Wildman–Crippen LogP) is 1.71. The van der Waals surface area contributed by atoms with E-state index >= 15 is 0 Å². The van der Waals surface area contributed by atoms with Crippen LogP contribution in [-0.2, 0) is 20.8 Å². The molecule has 1 N–H and O–H groups in total. The standard InChI is InChI=1S/C21H24N4O3/c26-19(14-24-20(27)17-8-4-5-9-18(17)21(24)28)22-11-10-15-12-23-25(13-15)16-6-2-1-3-7-16/h1-3,6-7,12-13,17-18H,4-5,8-11,14H2,(H,22,26). The number of carbonyl (C=O) groups excluding carboxylic acids is 3. The van der Waals surface area contributed by atoms with Crippen molar-refractivity contribution in [2.24, 2.45) is 11.8 Å². The van der Waals surface area contributed by atoms with Crippen molar-refractivity contribution in [3.63, 3.8) is 0 Å². The van der Waals surface area contributed by atoms with Crippen molar-refractivity contribution in [1.82, 2.24) is 20.0 Å². The zero-order valence-corrected chi connectivity index (χ0v) is 15.7. The molecule has 2 atom stereocenters. The number of fused-ring (bicyclic) bond motifs is 1. The van der Waals surface area contributed by atoms with Gasteiger partial charge in [-0.3, -0.25) is 19.3 Å². The Labute approximate surface area is 163 Å². The molecule has 2 fully saturated rings. The molecule has 1 aliphatic heterocycles. The smallest absolute Gasteiger partial charge is 0.240 e. The highest BCUT2D eigenvalue weighted by atomic mass is 16.2. The minimum atomic E-state index is -0.296. The molecule has 1 saturated heterocycles. The summed E-state index contributed by atoms with van der Waals surface area (Å²) in [6.45, 7) is 0.260. The third kappa shape index (κ3) is 3.69. The quantitative estimate of drug-likeness (QED) is 0.773. The van der Waals surface area contributed by atoms with E-state index < -0.39 is 0 Å². The topological polar surface area (TPSA) is 84.3 Å². The molecule has 2 aliphatic rings. The maximum Gasteiger partial charge on any atom is 0.240 e. The summed E-state index contributed by atoms with van der Waals surface area (Å²) in [7, 11) is 0. The van der Waals surface area contributed by atoms with Gasteiger partial charge in [0.05, 0.1) is 23.7 Å². The largest absolute Gasteiger partial charge is 0.354 e. The zero-order chi connectivity index (χ0) is 19.5. The number of amides is 3. The summed E-state index contributed by atoms with van der Waals surface area (Å²) in [4.78, 5) is 38.3. The van der Waals surface area contributed by atoms with E-state index in [1.165, 1.54) is 0 Å². The highest BCUT2D eigenvalue weighted by Gasteiger charge is 2.48. The summed E-state index contributed by atoms with van der Waals surface area (Å²) < 4.78 is 1.79. The van der Waals surface area contributed by atoms with E-state index in [4.69, 9.17) is 0 Å². The maximum absolute atomic E-state index is 12.4. The average Bonchev–Trinajstić information content (AvgIpc) is 3.28. The lowest BCUT2D eigenvalue weighted by molar-refractivity contribution is -0.143. The van der Waals surface area contributed by atoms with Crippen molar-refractivity contribution in [3.05, 3.63) is 48.3 Å². The lowest BCUT2D eigenvalue weighted by atomic mass is 9.81. The summed E-state index contributed by atoms with van der Waals surface area (Å²) in [5, 5.41) is 7.14. The first-order chi connectivity index (χ1) is 13.6. The van der Waals surface area contributed by atoms with E-state index in [2.05, 4.69) is 10.4 Å². The molecular formula is C21H24N4O3. The summed E-state index contributed by atoms with van der Waals surface area (Å²) in [6, 6.07) is 9.80. The van der Waals surface area contributed by atoms with Gasteiger partial charge in [0, 0.05) is 12.7 Å². The molecule has 4 rings (SSSR count). The van der Waals surface area contributed by atoms with Gasteiger partial charge in [0.15, 0.2) is 0 Å². The van der Waals surface area contributed by atoms with Gasteiger partial charge in [-0.2, -0.15) is 5.10 Å². The molecule has 2 heterocycles. The van der Waals surface area contributed by atoms with Crippen molar-refractivity contribution >= 4 is 17.7 Å². The maximum atomic E-state index is 12.4. The van der Waals surface area contributed by atoms with Crippen molar-refractivity contribution in [1.29, 1.82) is 0 Å². The number of carbonyl (C=O) groups is 3. The number of para-hydroxylation sites is 1. The molecule has 3 amide bonds. The van der Waals surface area contributed by atoms with Crippen LogP contribution in [0.25, 0.3) is 5.69 Å². The van der Waals surface area contributed by atoms with Gasteiger partial charge in [0.1, 0.15) is 6.54 Å². The molecular weight excluding hydrogens is 356 g/mol. The summed E-state index contributed by atoms with van der Waals surface area (Å²) in [6.07, 6.45) is 7.83. The number of hydrogen-bond acceptors (Lipinski definition) is 4. The van der Waals surface area contributed by atoms with Crippen LogP contribution in [0.2, 0.25) is 0 Å². The highest BCUT2D eigenvalue weighted by Crippen LogP contribution is 2.37. The van der Waals surface area contributed by atoms with Crippen LogP contribution in [0, 0.1) is 11.8 Å². The van der Waals surface area contributed by atoms with Crippen LogP contribution in [0.1, 0.15) is 31.2 Å². The Hall–Kier alpha value is -2.96. The zero-order valence-electron chi connectivity index (χ0n) is 15.7. The number of benzene rings is 1. The number of likely N-dealkylation sites (tertiary alicyclic amines) is 1. The molecule has 7 nitrogen and oxygen atoms in total. The molecule has 1 aromatic heterocycles. The molecule has 28 heavy (non-hydrogen) atoms. The third-order valence-electron chi connectivity index (χ3n) is 5.63. The van der Waals surface area contributed by atoms with Gasteiger partial charge in [-0.1, -0.05) is 31.0 Å². The van der Waals surface area contributed by atoms with Gasteiger partial charge >= 0.3 is 0 Å². The lowest BCUT2D eigenvalue weighted by Gasteiger charge is -2.19. The molecule has 0 bridgehead atoms. The van der Waals surface area contributed by atoms with Crippen LogP contribution in [0.3, 0.4) is 0 Å². The first kappa shape index (κ1) is 18.4. The average molecular weight is 380 g/mol. The molecule has 2 unspecified atom stereocenters. The molecule has 7 heteroatoms. The van der Waals surface area contributed by atoms with Crippen LogP contribution in [-0.4, -0.2) is 45.5 Å². The molecule has 2 aromatic rings. The highest BCUT2D eigenvalue weighted by molar-refractivity contribution is 6.07. The molecule has 1 aliphatic carbocycles. The van der Waals surface area contributed by atoms with Gasteiger partial charge in [-0.05, 0) is 37.0 Å². The Kier molecular flexibility index (Phi) is 5.23. The normalized spacial score (nSPS) is 21.6.